The molecule has 2 rings (SSSR count). The molecule has 0 saturated carbocycles. The molecular formula is C12H19ClN2OS. The molecule has 1 aromatic heterocycles. The van der Waals surface area contributed by atoms with Gasteiger partial charge in [0.05, 0.1) is 12.5 Å². The van der Waals surface area contributed by atoms with Gasteiger partial charge in [0.2, 0.25) is 5.91 Å². The van der Waals surface area contributed by atoms with Crippen LogP contribution >= 0.6 is 23.7 Å². The third-order valence-electron chi connectivity index (χ3n) is 2.90. The van der Waals surface area contributed by atoms with Crippen LogP contribution in [0.5, 0.6) is 0 Å². The minimum absolute atomic E-state index is 0. The molecule has 0 aromatic carbocycles. The lowest BCUT2D eigenvalue weighted by Gasteiger charge is -2.21. The highest BCUT2D eigenvalue weighted by molar-refractivity contribution is 7.11. The van der Waals surface area contributed by atoms with Gasteiger partial charge in [0.1, 0.15) is 0 Å². The van der Waals surface area contributed by atoms with E-state index in [1.54, 1.807) is 11.3 Å². The lowest BCUT2D eigenvalue weighted by molar-refractivity contribution is -0.125. The number of nitrogens with one attached hydrogen (secondary N) is 2. The molecule has 0 radical (unpaired) electrons. The lowest BCUT2D eigenvalue weighted by atomic mass is 9.99. The van der Waals surface area contributed by atoms with E-state index in [9.17, 15) is 4.79 Å². The Labute approximate surface area is 112 Å². The second kappa shape index (κ2) is 6.99. The van der Waals surface area contributed by atoms with Crippen LogP contribution in [0.25, 0.3) is 0 Å². The quantitative estimate of drug-likeness (QED) is 0.886. The zero-order valence-corrected chi connectivity index (χ0v) is 11.6. The Morgan fingerprint density at radius 2 is 2.41 bits per heavy atom. The number of aryl methyl sites for hydroxylation is 1. The Morgan fingerprint density at radius 1 is 1.59 bits per heavy atom. The maximum Gasteiger partial charge on any atom is 0.224 e. The van der Waals surface area contributed by atoms with E-state index in [0.29, 0.717) is 6.54 Å². The summed E-state index contributed by atoms with van der Waals surface area (Å²) >= 11 is 1.75. The molecule has 0 spiro atoms. The van der Waals surface area contributed by atoms with Gasteiger partial charge in [-0.2, -0.15) is 0 Å². The SMILES string of the molecule is Cc1ccc(CNC(=O)[C@@H]2CCCNC2)s1.Cl. The lowest BCUT2D eigenvalue weighted by Crippen LogP contribution is -2.40. The molecular weight excluding hydrogens is 256 g/mol. The summed E-state index contributed by atoms with van der Waals surface area (Å²) in [7, 11) is 0. The molecule has 0 bridgehead atoms. The molecule has 0 unspecified atom stereocenters. The molecule has 3 nitrogen and oxygen atoms in total. The van der Waals surface area contributed by atoms with E-state index in [0.717, 1.165) is 25.9 Å². The van der Waals surface area contributed by atoms with Gasteiger partial charge in [-0.15, -0.1) is 23.7 Å². The number of piperidine rings is 1. The predicted octanol–water partition coefficient (Wildman–Crippen LogP) is 2.09. The van der Waals surface area contributed by atoms with Crippen molar-refractivity contribution in [3.8, 4) is 0 Å². The average molecular weight is 275 g/mol. The number of thiophene rings is 1. The number of halogens is 1. The normalized spacial score (nSPS) is 19.5. The molecule has 1 aliphatic rings. The molecule has 2 N–H and O–H groups in total. The topological polar surface area (TPSA) is 41.1 Å². The smallest absolute Gasteiger partial charge is 0.224 e. The summed E-state index contributed by atoms with van der Waals surface area (Å²) in [5.74, 6) is 0.355. The summed E-state index contributed by atoms with van der Waals surface area (Å²) in [6.07, 6.45) is 2.12. The molecule has 96 valence electrons. The second-order valence-corrected chi connectivity index (χ2v) is 5.65. The first-order chi connectivity index (χ1) is 7.75. The summed E-state index contributed by atoms with van der Waals surface area (Å²) < 4.78 is 0. The minimum atomic E-state index is 0. The summed E-state index contributed by atoms with van der Waals surface area (Å²) in [6, 6.07) is 4.17. The van der Waals surface area contributed by atoms with Crippen molar-refractivity contribution < 1.29 is 4.79 Å². The van der Waals surface area contributed by atoms with E-state index in [1.165, 1.54) is 9.75 Å². The van der Waals surface area contributed by atoms with Crippen molar-refractivity contribution in [1.29, 1.82) is 0 Å². The van der Waals surface area contributed by atoms with Gasteiger partial charge in [-0.05, 0) is 38.4 Å². The van der Waals surface area contributed by atoms with Crippen LogP contribution in [0.2, 0.25) is 0 Å². The molecule has 2 heterocycles. The number of hydrogen-bond acceptors (Lipinski definition) is 3. The number of rotatable bonds is 3. The average Bonchev–Trinajstić information content (AvgIpc) is 2.73. The minimum Gasteiger partial charge on any atom is -0.351 e. The maximum absolute atomic E-state index is 11.8. The summed E-state index contributed by atoms with van der Waals surface area (Å²) in [6.45, 7) is 4.64. The van der Waals surface area contributed by atoms with Crippen molar-refractivity contribution in [2.24, 2.45) is 5.92 Å². The maximum atomic E-state index is 11.8. The van der Waals surface area contributed by atoms with Crippen molar-refractivity contribution in [3.63, 3.8) is 0 Å². The molecule has 1 saturated heterocycles. The van der Waals surface area contributed by atoms with Gasteiger partial charge < -0.3 is 10.6 Å². The third-order valence-corrected chi connectivity index (χ3v) is 3.90. The van der Waals surface area contributed by atoms with Crippen molar-refractivity contribution >= 4 is 29.7 Å². The zero-order chi connectivity index (χ0) is 11.4. The van der Waals surface area contributed by atoms with Crippen LogP contribution in [0.15, 0.2) is 12.1 Å². The summed E-state index contributed by atoms with van der Waals surface area (Å²) in [5.41, 5.74) is 0. The van der Waals surface area contributed by atoms with E-state index >= 15 is 0 Å². The van der Waals surface area contributed by atoms with Gasteiger partial charge in [-0.3, -0.25) is 4.79 Å². The van der Waals surface area contributed by atoms with Gasteiger partial charge in [0.25, 0.3) is 0 Å². The van der Waals surface area contributed by atoms with E-state index in [-0.39, 0.29) is 24.2 Å². The van der Waals surface area contributed by atoms with Gasteiger partial charge in [0.15, 0.2) is 0 Å². The highest BCUT2D eigenvalue weighted by Crippen LogP contribution is 2.15. The Bertz CT molecular complexity index is 361. The Morgan fingerprint density at radius 3 is 3.00 bits per heavy atom. The first-order valence-corrected chi connectivity index (χ1v) is 6.61. The molecule has 0 aliphatic carbocycles. The second-order valence-electron chi connectivity index (χ2n) is 4.27. The Kier molecular flexibility index (Phi) is 5.95. The number of amides is 1. The Hall–Kier alpha value is -0.580. The largest absolute Gasteiger partial charge is 0.351 e. The highest BCUT2D eigenvalue weighted by Gasteiger charge is 2.20. The van der Waals surface area contributed by atoms with Crippen LogP contribution in [-0.2, 0) is 11.3 Å². The van der Waals surface area contributed by atoms with E-state index < -0.39 is 0 Å². The standard InChI is InChI=1S/C12H18N2OS.ClH/c1-9-4-5-11(16-9)8-14-12(15)10-3-2-6-13-7-10;/h4-5,10,13H,2-3,6-8H2,1H3,(H,14,15);1H/t10-;/m1./s1. The fourth-order valence-electron chi connectivity index (χ4n) is 1.97. The van der Waals surface area contributed by atoms with Crippen LogP contribution in [0, 0.1) is 12.8 Å². The number of carbonyl (C=O) groups is 1. The van der Waals surface area contributed by atoms with Crippen LogP contribution in [-0.4, -0.2) is 19.0 Å². The van der Waals surface area contributed by atoms with Gasteiger partial charge in [-0.1, -0.05) is 0 Å². The monoisotopic (exact) mass is 274 g/mol. The zero-order valence-electron chi connectivity index (χ0n) is 9.99. The number of hydrogen-bond donors (Lipinski definition) is 2. The molecule has 1 atom stereocenters. The summed E-state index contributed by atoms with van der Waals surface area (Å²) in [4.78, 5) is 14.4. The van der Waals surface area contributed by atoms with Crippen molar-refractivity contribution in [2.75, 3.05) is 13.1 Å². The third kappa shape index (κ3) is 4.30. The fourth-order valence-corrected chi connectivity index (χ4v) is 2.80. The van der Waals surface area contributed by atoms with Crippen LogP contribution in [0.4, 0.5) is 0 Å². The molecule has 5 heteroatoms. The van der Waals surface area contributed by atoms with Crippen LogP contribution < -0.4 is 10.6 Å². The van der Waals surface area contributed by atoms with Crippen molar-refractivity contribution in [1.82, 2.24) is 10.6 Å². The molecule has 1 fully saturated rings. The van der Waals surface area contributed by atoms with E-state index in [4.69, 9.17) is 0 Å². The van der Waals surface area contributed by atoms with Gasteiger partial charge in [-0.25, -0.2) is 0 Å². The molecule has 1 aromatic rings. The van der Waals surface area contributed by atoms with Crippen LogP contribution in [0.1, 0.15) is 22.6 Å². The Balaban J connectivity index is 0.00000144. The van der Waals surface area contributed by atoms with Crippen molar-refractivity contribution in [3.05, 3.63) is 21.9 Å². The molecule has 1 aliphatic heterocycles. The van der Waals surface area contributed by atoms with Gasteiger partial charge in [0, 0.05) is 16.3 Å². The first kappa shape index (κ1) is 14.5. The summed E-state index contributed by atoms with van der Waals surface area (Å²) in [5, 5.41) is 6.27. The first-order valence-electron chi connectivity index (χ1n) is 5.79. The fraction of sp³-hybridized carbons (Fsp3) is 0.583. The molecule has 17 heavy (non-hydrogen) atoms. The highest BCUT2D eigenvalue weighted by atomic mass is 35.5. The molecule has 1 amide bonds. The number of carbonyl (C=O) groups excluding carboxylic acids is 1. The van der Waals surface area contributed by atoms with E-state index in [1.807, 2.05) is 0 Å². The van der Waals surface area contributed by atoms with E-state index in [2.05, 4.69) is 29.7 Å². The van der Waals surface area contributed by atoms with Crippen molar-refractivity contribution in [2.45, 2.75) is 26.3 Å². The van der Waals surface area contributed by atoms with Gasteiger partial charge >= 0.3 is 0 Å². The van der Waals surface area contributed by atoms with Crippen LogP contribution in [0.3, 0.4) is 0 Å². The predicted molar refractivity (Wildman–Crippen MR) is 73.7 cm³/mol.